The summed E-state index contributed by atoms with van der Waals surface area (Å²) in [6, 6.07) is 9.37. The van der Waals surface area contributed by atoms with Crippen LogP contribution in [0.3, 0.4) is 0 Å². The van der Waals surface area contributed by atoms with E-state index in [1.165, 1.54) is 11.3 Å². The summed E-state index contributed by atoms with van der Waals surface area (Å²) in [5.41, 5.74) is 2.01. The number of anilines is 1. The lowest BCUT2D eigenvalue weighted by Crippen LogP contribution is -2.26. The Kier molecular flexibility index (Phi) is 4.59. The van der Waals surface area contributed by atoms with E-state index in [4.69, 9.17) is 14.9 Å². The Balaban J connectivity index is 1.66. The van der Waals surface area contributed by atoms with Crippen molar-refractivity contribution in [1.29, 1.82) is 5.41 Å². The van der Waals surface area contributed by atoms with E-state index >= 15 is 0 Å². The molecule has 0 fully saturated rings. The van der Waals surface area contributed by atoms with Crippen LogP contribution in [0.15, 0.2) is 46.9 Å². The number of thiazole rings is 1. The Morgan fingerprint density at radius 2 is 2.04 bits per heavy atom. The van der Waals surface area contributed by atoms with Crippen molar-refractivity contribution in [3.8, 4) is 22.1 Å². The summed E-state index contributed by atoms with van der Waals surface area (Å²) in [5.74, 6) is 1.57. The highest BCUT2D eigenvalue weighted by Gasteiger charge is 2.32. The van der Waals surface area contributed by atoms with Gasteiger partial charge >= 0.3 is 0 Å². The lowest BCUT2D eigenvalue weighted by Gasteiger charge is -2.21. The zero-order valence-electron chi connectivity index (χ0n) is 14.7. The summed E-state index contributed by atoms with van der Waals surface area (Å²) in [6.07, 6.45) is 0. The predicted octanol–water partition coefficient (Wildman–Crippen LogP) is 4.66. The van der Waals surface area contributed by atoms with Crippen LogP contribution in [0.25, 0.3) is 16.1 Å². The van der Waals surface area contributed by atoms with Crippen LogP contribution in [0.1, 0.15) is 5.01 Å². The van der Waals surface area contributed by atoms with Gasteiger partial charge in [-0.3, -0.25) is 5.41 Å². The molecule has 1 aliphatic rings. The van der Waals surface area contributed by atoms with E-state index in [2.05, 4.69) is 4.98 Å². The fraction of sp³-hybridized carbons (Fsp3) is 0.158. The average molecular weight is 399 g/mol. The topological polar surface area (TPSA) is 78.7 Å². The number of nitrogens with one attached hydrogen (secondary N) is 1. The van der Waals surface area contributed by atoms with Crippen molar-refractivity contribution < 1.29 is 14.6 Å². The normalized spacial score (nSPS) is 14.1. The van der Waals surface area contributed by atoms with Crippen molar-refractivity contribution in [1.82, 2.24) is 4.98 Å². The molecule has 1 aliphatic heterocycles. The molecule has 0 radical (unpaired) electrons. The van der Waals surface area contributed by atoms with E-state index in [1.54, 1.807) is 42.6 Å². The number of rotatable bonds is 5. The number of aliphatic hydroxyl groups excluding tert-OH is 1. The van der Waals surface area contributed by atoms with Crippen molar-refractivity contribution in [2.75, 3.05) is 25.7 Å². The molecule has 0 unspecified atom stereocenters. The summed E-state index contributed by atoms with van der Waals surface area (Å²) >= 11 is 3.04. The smallest absolute Gasteiger partial charge is 0.146 e. The van der Waals surface area contributed by atoms with E-state index in [0.29, 0.717) is 27.8 Å². The molecular formula is C19H17N3O3S2. The van der Waals surface area contributed by atoms with Gasteiger partial charge in [-0.25, -0.2) is 4.98 Å². The van der Waals surface area contributed by atoms with Gasteiger partial charge in [0, 0.05) is 11.4 Å². The Morgan fingerprint density at radius 1 is 1.19 bits per heavy atom. The van der Waals surface area contributed by atoms with Crippen molar-refractivity contribution in [2.45, 2.75) is 0 Å². The number of nitrogens with zero attached hydrogens (tertiary/aromatic N) is 2. The first-order chi connectivity index (χ1) is 13.1. The van der Waals surface area contributed by atoms with Crippen LogP contribution in [0.2, 0.25) is 0 Å². The second kappa shape index (κ2) is 7.05. The number of amidine groups is 1. The van der Waals surface area contributed by atoms with Crippen LogP contribution >= 0.6 is 22.7 Å². The molecule has 3 heterocycles. The lowest BCUT2D eigenvalue weighted by atomic mass is 10.2. The molecule has 0 amide bonds. The predicted molar refractivity (Wildman–Crippen MR) is 110 cm³/mol. The summed E-state index contributed by atoms with van der Waals surface area (Å²) in [5, 5.41) is 23.7. The van der Waals surface area contributed by atoms with E-state index in [0.717, 1.165) is 10.6 Å². The molecular weight excluding hydrogens is 382 g/mol. The van der Waals surface area contributed by atoms with Crippen molar-refractivity contribution in [3.63, 3.8) is 0 Å². The van der Waals surface area contributed by atoms with Crippen molar-refractivity contribution in [2.24, 2.45) is 0 Å². The van der Waals surface area contributed by atoms with Crippen LogP contribution in [0.4, 0.5) is 5.69 Å². The quantitative estimate of drug-likeness (QED) is 0.653. The van der Waals surface area contributed by atoms with Gasteiger partial charge in [-0.1, -0.05) is 6.07 Å². The van der Waals surface area contributed by atoms with E-state index in [9.17, 15) is 5.11 Å². The van der Waals surface area contributed by atoms with Gasteiger partial charge in [-0.2, -0.15) is 0 Å². The van der Waals surface area contributed by atoms with Crippen LogP contribution in [0.5, 0.6) is 11.5 Å². The number of aliphatic hydroxyl groups is 1. The van der Waals surface area contributed by atoms with Crippen LogP contribution in [-0.4, -0.2) is 36.7 Å². The standard InChI is InChI=1S/C19H17N3O3S2/c1-24-11-5-6-13(15(8-11)25-2)22-9-14(23)17(18(22)20)19-21-12(10-27-19)16-4-3-7-26-16/h3-8,10,20,23H,9H2,1-2H3. The summed E-state index contributed by atoms with van der Waals surface area (Å²) in [6.45, 7) is 0.199. The fourth-order valence-electron chi connectivity index (χ4n) is 2.94. The number of ether oxygens (including phenoxy) is 2. The Bertz CT molecular complexity index is 1020. The molecule has 27 heavy (non-hydrogen) atoms. The lowest BCUT2D eigenvalue weighted by molar-refractivity contribution is 0.393. The van der Waals surface area contributed by atoms with Gasteiger partial charge < -0.3 is 19.5 Å². The first kappa shape index (κ1) is 17.6. The fourth-order valence-corrected chi connectivity index (χ4v) is 4.59. The molecule has 0 spiro atoms. The van der Waals surface area contributed by atoms with Gasteiger partial charge in [-0.15, -0.1) is 22.7 Å². The largest absolute Gasteiger partial charge is 0.510 e. The molecule has 138 valence electrons. The molecule has 8 heteroatoms. The highest BCUT2D eigenvalue weighted by molar-refractivity contribution is 7.14. The number of benzene rings is 1. The van der Waals surface area contributed by atoms with Gasteiger partial charge in [0.15, 0.2) is 0 Å². The Morgan fingerprint density at radius 3 is 2.74 bits per heavy atom. The molecule has 2 N–H and O–H groups in total. The molecule has 3 aromatic rings. The van der Waals surface area contributed by atoms with E-state index in [-0.39, 0.29) is 18.1 Å². The van der Waals surface area contributed by atoms with Crippen LogP contribution in [0, 0.1) is 5.41 Å². The van der Waals surface area contributed by atoms with Gasteiger partial charge in [0.25, 0.3) is 0 Å². The maximum atomic E-state index is 10.5. The van der Waals surface area contributed by atoms with Crippen molar-refractivity contribution in [3.05, 3.63) is 51.9 Å². The first-order valence-corrected chi connectivity index (χ1v) is 9.88. The molecule has 6 nitrogen and oxygen atoms in total. The van der Waals surface area contributed by atoms with Gasteiger partial charge in [0.05, 0.1) is 42.6 Å². The minimum absolute atomic E-state index is 0.130. The second-order valence-electron chi connectivity index (χ2n) is 5.81. The third-order valence-corrected chi connectivity index (χ3v) is 6.02. The first-order valence-electron chi connectivity index (χ1n) is 8.12. The molecule has 0 atom stereocenters. The van der Waals surface area contributed by atoms with E-state index < -0.39 is 0 Å². The monoisotopic (exact) mass is 399 g/mol. The Hall–Kier alpha value is -2.84. The molecule has 0 aliphatic carbocycles. The molecule has 0 bridgehead atoms. The number of hydrogen-bond donors (Lipinski definition) is 2. The third-order valence-electron chi connectivity index (χ3n) is 4.27. The second-order valence-corrected chi connectivity index (χ2v) is 7.62. The maximum Gasteiger partial charge on any atom is 0.146 e. The maximum absolute atomic E-state index is 10.5. The molecule has 2 aromatic heterocycles. The number of aromatic nitrogens is 1. The molecule has 0 saturated heterocycles. The molecule has 1 aromatic carbocycles. The van der Waals surface area contributed by atoms with Gasteiger partial charge in [0.1, 0.15) is 28.1 Å². The zero-order valence-corrected chi connectivity index (χ0v) is 16.4. The summed E-state index contributed by atoms with van der Waals surface area (Å²) < 4.78 is 10.7. The Labute approximate surface area is 164 Å². The van der Waals surface area contributed by atoms with E-state index in [1.807, 2.05) is 29.0 Å². The SMILES string of the molecule is COc1ccc(N2CC(O)=C(c3nc(-c4cccs4)cs3)C2=N)c(OC)c1. The van der Waals surface area contributed by atoms with Gasteiger partial charge in [-0.05, 0) is 23.6 Å². The van der Waals surface area contributed by atoms with Crippen molar-refractivity contribution >= 4 is 39.8 Å². The summed E-state index contributed by atoms with van der Waals surface area (Å²) in [4.78, 5) is 7.40. The number of methoxy groups -OCH3 is 2. The molecule has 4 rings (SSSR count). The highest BCUT2D eigenvalue weighted by Crippen LogP contribution is 2.39. The van der Waals surface area contributed by atoms with Crippen LogP contribution in [-0.2, 0) is 0 Å². The highest BCUT2D eigenvalue weighted by atomic mass is 32.1. The van der Waals surface area contributed by atoms with Gasteiger partial charge in [0.2, 0.25) is 0 Å². The average Bonchev–Trinajstić information content (AvgIpc) is 3.41. The zero-order chi connectivity index (χ0) is 19.0. The number of thiophene rings is 1. The third kappa shape index (κ3) is 3.07. The number of hydrogen-bond acceptors (Lipinski definition) is 7. The summed E-state index contributed by atoms with van der Waals surface area (Å²) in [7, 11) is 3.16. The molecule has 0 saturated carbocycles. The minimum Gasteiger partial charge on any atom is -0.510 e. The van der Waals surface area contributed by atoms with Crippen LogP contribution < -0.4 is 14.4 Å². The minimum atomic E-state index is 0.130.